The molecule has 1 nitrogen and oxygen atoms in total. The summed E-state index contributed by atoms with van der Waals surface area (Å²) in [4.78, 5) is 2.83. The quantitative estimate of drug-likeness (QED) is 0.234. The van der Waals surface area contributed by atoms with E-state index in [1.165, 1.54) is 18.3 Å². The van der Waals surface area contributed by atoms with Crippen molar-refractivity contribution in [3.8, 4) is 11.1 Å². The molecule has 12 heteroatoms. The Morgan fingerprint density at radius 1 is 0.923 bits per heavy atom. The third-order valence-electron chi connectivity index (χ3n) is 3.01. The maximum atomic E-state index is 13.8. The molecule has 0 spiro atoms. The SMILES string of the molecule is Fc1ncccc1-c1c(Br)cc(SC(F)(F)C(F)(F)C(F)(F)F)cc1Br. The van der Waals surface area contributed by atoms with Crippen molar-refractivity contribution >= 4 is 43.6 Å². The standard InChI is InChI=1S/C14H5Br2F8NS/c15-8-4-6(26-14(23,24)12(18,19)13(20,21)22)5-9(16)10(8)7-2-1-3-25-11(7)17/h1-5H. The first kappa shape index (κ1) is 21.4. The summed E-state index contributed by atoms with van der Waals surface area (Å²) in [7, 11) is 0. The average molecular weight is 531 g/mol. The minimum Gasteiger partial charge on any atom is -0.228 e. The van der Waals surface area contributed by atoms with Crippen LogP contribution < -0.4 is 0 Å². The first-order chi connectivity index (χ1) is 11.8. The van der Waals surface area contributed by atoms with Crippen LogP contribution in [0.2, 0.25) is 0 Å². The fraction of sp³-hybridized carbons (Fsp3) is 0.214. The maximum Gasteiger partial charge on any atom is 0.460 e. The lowest BCUT2D eigenvalue weighted by atomic mass is 10.1. The van der Waals surface area contributed by atoms with Gasteiger partial charge in [-0.2, -0.15) is 35.1 Å². The highest BCUT2D eigenvalue weighted by Crippen LogP contribution is 2.54. The van der Waals surface area contributed by atoms with Gasteiger partial charge in [0.1, 0.15) is 0 Å². The maximum absolute atomic E-state index is 13.8. The molecular formula is C14H5Br2F8NS. The number of benzene rings is 1. The number of hydrogen-bond acceptors (Lipinski definition) is 2. The zero-order valence-electron chi connectivity index (χ0n) is 12.0. The van der Waals surface area contributed by atoms with E-state index in [0.717, 1.165) is 12.1 Å². The van der Waals surface area contributed by atoms with Crippen LogP contribution >= 0.6 is 43.6 Å². The zero-order chi connectivity index (χ0) is 19.9. The molecule has 1 aromatic heterocycles. The number of nitrogens with zero attached hydrogens (tertiary/aromatic N) is 1. The number of rotatable bonds is 4. The van der Waals surface area contributed by atoms with Gasteiger partial charge in [0, 0.05) is 31.2 Å². The van der Waals surface area contributed by atoms with E-state index >= 15 is 0 Å². The number of pyridine rings is 1. The monoisotopic (exact) mass is 529 g/mol. The molecule has 2 rings (SSSR count). The second kappa shape index (κ2) is 7.27. The third-order valence-corrected chi connectivity index (χ3v) is 5.25. The van der Waals surface area contributed by atoms with Gasteiger partial charge in [-0.15, -0.1) is 0 Å². The number of thioether (sulfide) groups is 1. The minimum atomic E-state index is -6.42. The highest BCUT2D eigenvalue weighted by Gasteiger charge is 2.73. The van der Waals surface area contributed by atoms with Crippen molar-refractivity contribution in [2.75, 3.05) is 0 Å². The smallest absolute Gasteiger partial charge is 0.228 e. The Hall–Kier alpha value is -0.880. The minimum absolute atomic E-state index is 0.00704. The van der Waals surface area contributed by atoms with E-state index in [2.05, 4.69) is 36.8 Å². The molecule has 0 N–H and O–H groups in total. The van der Waals surface area contributed by atoms with Gasteiger partial charge in [0.25, 0.3) is 0 Å². The van der Waals surface area contributed by atoms with Gasteiger partial charge in [0.15, 0.2) is 0 Å². The van der Waals surface area contributed by atoms with E-state index in [-0.39, 0.29) is 20.1 Å². The molecule has 0 fully saturated rings. The molecule has 1 aromatic carbocycles. The van der Waals surface area contributed by atoms with Crippen LogP contribution in [0.15, 0.2) is 44.3 Å². The fourth-order valence-corrected chi connectivity index (χ4v) is 4.63. The summed E-state index contributed by atoms with van der Waals surface area (Å²) in [6, 6.07) is 4.50. The number of aromatic nitrogens is 1. The van der Waals surface area contributed by atoms with E-state index in [0.29, 0.717) is 0 Å². The van der Waals surface area contributed by atoms with Crippen LogP contribution in [0.3, 0.4) is 0 Å². The Morgan fingerprint density at radius 3 is 1.92 bits per heavy atom. The number of halogens is 10. The summed E-state index contributed by atoms with van der Waals surface area (Å²) < 4.78 is 103. The Labute approximate surface area is 162 Å². The predicted molar refractivity (Wildman–Crippen MR) is 86.8 cm³/mol. The topological polar surface area (TPSA) is 12.9 Å². The summed E-state index contributed by atoms with van der Waals surface area (Å²) in [6.07, 6.45) is -5.25. The van der Waals surface area contributed by atoms with Crippen molar-refractivity contribution in [2.45, 2.75) is 22.2 Å². The van der Waals surface area contributed by atoms with Crippen molar-refractivity contribution in [3.63, 3.8) is 0 Å². The van der Waals surface area contributed by atoms with Crippen molar-refractivity contribution in [3.05, 3.63) is 45.4 Å². The lowest BCUT2D eigenvalue weighted by molar-refractivity contribution is -0.330. The normalized spacial score (nSPS) is 13.2. The van der Waals surface area contributed by atoms with Gasteiger partial charge in [0.2, 0.25) is 5.95 Å². The largest absolute Gasteiger partial charge is 0.460 e. The van der Waals surface area contributed by atoms with Gasteiger partial charge in [-0.3, -0.25) is 0 Å². The molecule has 26 heavy (non-hydrogen) atoms. The van der Waals surface area contributed by atoms with Gasteiger partial charge in [-0.05, 0) is 36.0 Å². The summed E-state index contributed by atoms with van der Waals surface area (Å²) in [5.74, 6) is -7.12. The Balaban J connectivity index is 2.44. The highest BCUT2D eigenvalue weighted by molar-refractivity contribution is 9.11. The summed E-state index contributed by atoms with van der Waals surface area (Å²) in [6.45, 7) is 0. The van der Waals surface area contributed by atoms with Crippen molar-refractivity contribution in [1.82, 2.24) is 4.98 Å². The molecule has 0 saturated carbocycles. The fourth-order valence-electron chi connectivity index (χ4n) is 1.82. The van der Waals surface area contributed by atoms with Crippen LogP contribution in [0.25, 0.3) is 11.1 Å². The summed E-state index contributed by atoms with van der Waals surface area (Å²) in [5.41, 5.74) is 0.0982. The molecule has 0 radical (unpaired) electrons. The lowest BCUT2D eigenvalue weighted by Gasteiger charge is -2.27. The third kappa shape index (κ3) is 4.01. The van der Waals surface area contributed by atoms with Crippen molar-refractivity contribution < 1.29 is 35.1 Å². The molecule has 0 aliphatic rings. The molecule has 0 unspecified atom stereocenters. The van der Waals surface area contributed by atoms with Gasteiger partial charge in [0.05, 0.1) is 0 Å². The molecule has 0 atom stereocenters. The summed E-state index contributed by atoms with van der Waals surface area (Å²) in [5, 5.41) is -5.45. The highest BCUT2D eigenvalue weighted by atomic mass is 79.9. The molecule has 142 valence electrons. The van der Waals surface area contributed by atoms with E-state index in [4.69, 9.17) is 0 Å². The molecule has 0 aliphatic carbocycles. The van der Waals surface area contributed by atoms with E-state index in [9.17, 15) is 35.1 Å². The molecule has 0 saturated heterocycles. The van der Waals surface area contributed by atoms with Crippen LogP contribution in [0.4, 0.5) is 35.1 Å². The van der Waals surface area contributed by atoms with Gasteiger partial charge < -0.3 is 0 Å². The molecule has 2 aromatic rings. The zero-order valence-corrected chi connectivity index (χ0v) is 16.0. The van der Waals surface area contributed by atoms with E-state index < -0.39 is 40.0 Å². The second-order valence-electron chi connectivity index (χ2n) is 4.79. The predicted octanol–water partition coefficient (Wildman–Crippen LogP) is 7.30. The van der Waals surface area contributed by atoms with Gasteiger partial charge >= 0.3 is 17.4 Å². The molecule has 0 amide bonds. The van der Waals surface area contributed by atoms with Gasteiger partial charge in [-0.1, -0.05) is 31.9 Å². The van der Waals surface area contributed by atoms with Crippen LogP contribution in [-0.2, 0) is 0 Å². The van der Waals surface area contributed by atoms with Crippen LogP contribution in [0.5, 0.6) is 0 Å². The Morgan fingerprint density at radius 2 is 1.46 bits per heavy atom. The van der Waals surface area contributed by atoms with Crippen LogP contribution in [0.1, 0.15) is 0 Å². The molecular weight excluding hydrogens is 526 g/mol. The van der Waals surface area contributed by atoms with E-state index in [1.807, 2.05) is 0 Å². The summed E-state index contributed by atoms with van der Waals surface area (Å²) >= 11 is 4.99. The van der Waals surface area contributed by atoms with Crippen molar-refractivity contribution in [2.24, 2.45) is 0 Å². The first-order valence-electron chi connectivity index (χ1n) is 6.39. The van der Waals surface area contributed by atoms with Crippen LogP contribution in [-0.4, -0.2) is 22.3 Å². The second-order valence-corrected chi connectivity index (χ2v) is 7.69. The Kier molecular flexibility index (Phi) is 5.99. The molecule has 0 aliphatic heterocycles. The number of hydrogen-bond donors (Lipinski definition) is 0. The van der Waals surface area contributed by atoms with Crippen molar-refractivity contribution in [1.29, 1.82) is 0 Å². The lowest BCUT2D eigenvalue weighted by Crippen LogP contribution is -2.49. The average Bonchev–Trinajstić information content (AvgIpc) is 2.46. The molecule has 1 heterocycles. The molecule has 0 bridgehead atoms. The first-order valence-corrected chi connectivity index (χ1v) is 8.79. The van der Waals surface area contributed by atoms with Gasteiger partial charge in [-0.25, -0.2) is 4.98 Å². The number of alkyl halides is 7. The van der Waals surface area contributed by atoms with E-state index in [1.54, 1.807) is 0 Å². The Bertz CT molecular complexity index is 802. The van der Waals surface area contributed by atoms with Crippen LogP contribution in [0, 0.1) is 5.95 Å².